The molecule has 1 aliphatic carbocycles. The molecule has 2 aromatic carbocycles. The molecule has 0 atom stereocenters. The predicted molar refractivity (Wildman–Crippen MR) is 97.3 cm³/mol. The van der Waals surface area contributed by atoms with Crippen molar-refractivity contribution in [2.24, 2.45) is 0 Å². The molecule has 4 rings (SSSR count). The fourth-order valence-electron chi connectivity index (χ4n) is 3.09. The van der Waals surface area contributed by atoms with Gasteiger partial charge in [-0.3, -0.25) is 9.78 Å². The standard InChI is InChI=1S/C20H17NO2S/c22-19(23)20(10-4-11-20)24-18-9-12-21-17-8-7-15(13-16(17)18)14-5-2-1-3-6-14/h1-3,5-9,12-13H,4,10-11H2,(H,22,23). The van der Waals surface area contributed by atoms with Gasteiger partial charge in [-0.1, -0.05) is 36.4 Å². The second-order valence-electron chi connectivity index (χ2n) is 6.16. The Morgan fingerprint density at radius 1 is 1.04 bits per heavy atom. The third kappa shape index (κ3) is 2.57. The van der Waals surface area contributed by atoms with Gasteiger partial charge in [-0.15, -0.1) is 11.8 Å². The van der Waals surface area contributed by atoms with E-state index in [1.54, 1.807) is 6.20 Å². The van der Waals surface area contributed by atoms with Gasteiger partial charge in [0.05, 0.1) is 5.52 Å². The van der Waals surface area contributed by atoms with Gasteiger partial charge in [0.1, 0.15) is 4.75 Å². The smallest absolute Gasteiger partial charge is 0.320 e. The van der Waals surface area contributed by atoms with E-state index in [0.717, 1.165) is 46.2 Å². The minimum Gasteiger partial charge on any atom is -0.480 e. The molecule has 4 heteroatoms. The maximum atomic E-state index is 11.7. The second kappa shape index (κ2) is 5.95. The van der Waals surface area contributed by atoms with Gasteiger partial charge in [0, 0.05) is 16.5 Å². The van der Waals surface area contributed by atoms with Crippen LogP contribution in [-0.2, 0) is 4.79 Å². The summed E-state index contributed by atoms with van der Waals surface area (Å²) >= 11 is 1.48. The Morgan fingerprint density at radius 3 is 2.50 bits per heavy atom. The quantitative estimate of drug-likeness (QED) is 0.729. The zero-order chi connectivity index (χ0) is 16.6. The largest absolute Gasteiger partial charge is 0.480 e. The number of hydrogen-bond donors (Lipinski definition) is 1. The number of benzene rings is 2. The van der Waals surface area contributed by atoms with Crippen LogP contribution in [0.15, 0.2) is 65.7 Å². The fraction of sp³-hybridized carbons (Fsp3) is 0.200. The number of carboxylic acids is 1. The maximum Gasteiger partial charge on any atom is 0.320 e. The monoisotopic (exact) mass is 335 g/mol. The summed E-state index contributed by atoms with van der Waals surface area (Å²) < 4.78 is -0.670. The topological polar surface area (TPSA) is 50.2 Å². The summed E-state index contributed by atoms with van der Waals surface area (Å²) in [7, 11) is 0. The summed E-state index contributed by atoms with van der Waals surface area (Å²) in [5.74, 6) is -0.706. The number of nitrogens with zero attached hydrogens (tertiary/aromatic N) is 1. The van der Waals surface area contributed by atoms with Crippen LogP contribution in [0.4, 0.5) is 0 Å². The number of carbonyl (C=O) groups is 1. The Hall–Kier alpha value is -2.33. The van der Waals surface area contributed by atoms with E-state index in [1.807, 2.05) is 30.3 Å². The van der Waals surface area contributed by atoms with Crippen LogP contribution in [-0.4, -0.2) is 20.8 Å². The highest BCUT2D eigenvalue weighted by molar-refractivity contribution is 8.01. The molecular formula is C20H17NO2S. The molecule has 0 unspecified atom stereocenters. The number of carboxylic acid groups (broad SMARTS) is 1. The van der Waals surface area contributed by atoms with Crippen LogP contribution >= 0.6 is 11.8 Å². The zero-order valence-electron chi connectivity index (χ0n) is 13.1. The lowest BCUT2D eigenvalue weighted by molar-refractivity contribution is -0.142. The Kier molecular flexibility index (Phi) is 3.77. The Morgan fingerprint density at radius 2 is 1.83 bits per heavy atom. The lowest BCUT2D eigenvalue weighted by atomic mass is 9.84. The van der Waals surface area contributed by atoms with Gasteiger partial charge < -0.3 is 5.11 Å². The van der Waals surface area contributed by atoms with Gasteiger partial charge in [-0.2, -0.15) is 0 Å². The third-order valence-corrected chi connectivity index (χ3v) is 6.21. The van der Waals surface area contributed by atoms with Crippen molar-refractivity contribution in [3.05, 3.63) is 60.8 Å². The van der Waals surface area contributed by atoms with Crippen molar-refractivity contribution in [1.82, 2.24) is 4.98 Å². The van der Waals surface area contributed by atoms with Gasteiger partial charge >= 0.3 is 5.97 Å². The molecule has 1 fully saturated rings. The van der Waals surface area contributed by atoms with E-state index in [2.05, 4.69) is 29.2 Å². The molecule has 0 saturated heterocycles. The number of rotatable bonds is 4. The zero-order valence-corrected chi connectivity index (χ0v) is 13.9. The maximum absolute atomic E-state index is 11.7. The first-order chi connectivity index (χ1) is 11.7. The van der Waals surface area contributed by atoms with E-state index in [4.69, 9.17) is 0 Å². The second-order valence-corrected chi connectivity index (χ2v) is 7.59. The third-order valence-electron chi connectivity index (χ3n) is 4.66. The van der Waals surface area contributed by atoms with E-state index in [1.165, 1.54) is 11.8 Å². The van der Waals surface area contributed by atoms with E-state index in [0.29, 0.717) is 0 Å². The van der Waals surface area contributed by atoms with Crippen LogP contribution in [0.2, 0.25) is 0 Å². The number of fused-ring (bicyclic) bond motifs is 1. The van der Waals surface area contributed by atoms with E-state index in [-0.39, 0.29) is 0 Å². The number of aromatic nitrogens is 1. The van der Waals surface area contributed by atoms with Crippen molar-refractivity contribution >= 4 is 28.6 Å². The molecule has 1 saturated carbocycles. The molecule has 0 bridgehead atoms. The fourth-order valence-corrected chi connectivity index (χ4v) is 4.49. The van der Waals surface area contributed by atoms with Crippen LogP contribution in [0.5, 0.6) is 0 Å². The predicted octanol–water partition coefficient (Wildman–Crippen LogP) is 5.00. The van der Waals surface area contributed by atoms with Crippen LogP contribution < -0.4 is 0 Å². The Labute approximate surface area is 144 Å². The van der Waals surface area contributed by atoms with Gasteiger partial charge in [-0.25, -0.2) is 0 Å². The summed E-state index contributed by atoms with van der Waals surface area (Å²) in [6, 6.07) is 18.3. The molecule has 0 spiro atoms. The van der Waals surface area contributed by atoms with Crippen molar-refractivity contribution in [2.45, 2.75) is 28.9 Å². The van der Waals surface area contributed by atoms with Gasteiger partial charge in [0.2, 0.25) is 0 Å². The minimum atomic E-state index is -0.706. The molecule has 0 amide bonds. The molecule has 0 radical (unpaired) electrons. The number of thioether (sulfide) groups is 1. The molecule has 1 heterocycles. The summed E-state index contributed by atoms with van der Waals surface area (Å²) in [6.07, 6.45) is 4.21. The van der Waals surface area contributed by atoms with Crippen LogP contribution in [0, 0.1) is 0 Å². The van der Waals surface area contributed by atoms with E-state index < -0.39 is 10.7 Å². The van der Waals surface area contributed by atoms with E-state index >= 15 is 0 Å². The summed E-state index contributed by atoms with van der Waals surface area (Å²) in [6.45, 7) is 0. The van der Waals surface area contributed by atoms with Crippen molar-refractivity contribution in [2.75, 3.05) is 0 Å². The summed E-state index contributed by atoms with van der Waals surface area (Å²) in [5.41, 5.74) is 3.17. The molecule has 1 aliphatic rings. The number of pyridine rings is 1. The van der Waals surface area contributed by atoms with Gasteiger partial charge in [0.25, 0.3) is 0 Å². The average Bonchev–Trinajstić information content (AvgIpc) is 2.58. The van der Waals surface area contributed by atoms with Gasteiger partial charge in [-0.05, 0) is 48.6 Å². The Balaban J connectivity index is 1.80. The minimum absolute atomic E-state index is 0.670. The first-order valence-electron chi connectivity index (χ1n) is 8.05. The van der Waals surface area contributed by atoms with Crippen LogP contribution in [0.25, 0.3) is 22.0 Å². The van der Waals surface area contributed by atoms with Crippen LogP contribution in [0.1, 0.15) is 19.3 Å². The van der Waals surface area contributed by atoms with Crippen molar-refractivity contribution < 1.29 is 9.90 Å². The molecule has 120 valence electrons. The highest BCUT2D eigenvalue weighted by atomic mass is 32.2. The summed E-state index contributed by atoms with van der Waals surface area (Å²) in [4.78, 5) is 17.1. The molecule has 24 heavy (non-hydrogen) atoms. The molecule has 0 aliphatic heterocycles. The molecule has 1 N–H and O–H groups in total. The summed E-state index contributed by atoms with van der Waals surface area (Å²) in [5, 5.41) is 10.6. The van der Waals surface area contributed by atoms with Crippen molar-refractivity contribution in [1.29, 1.82) is 0 Å². The molecule has 1 aromatic heterocycles. The molecule has 3 nitrogen and oxygen atoms in total. The SMILES string of the molecule is O=C(O)C1(Sc2ccnc3ccc(-c4ccccc4)cc23)CCC1. The Bertz CT molecular complexity index is 904. The first-order valence-corrected chi connectivity index (χ1v) is 8.86. The van der Waals surface area contributed by atoms with Crippen molar-refractivity contribution in [3.63, 3.8) is 0 Å². The van der Waals surface area contributed by atoms with Gasteiger partial charge in [0.15, 0.2) is 0 Å². The lowest BCUT2D eigenvalue weighted by Gasteiger charge is -2.37. The van der Waals surface area contributed by atoms with Crippen molar-refractivity contribution in [3.8, 4) is 11.1 Å². The normalized spacial score (nSPS) is 15.8. The van der Waals surface area contributed by atoms with E-state index in [9.17, 15) is 9.90 Å². The number of hydrogen-bond acceptors (Lipinski definition) is 3. The van der Waals surface area contributed by atoms with Crippen LogP contribution in [0.3, 0.4) is 0 Å². The molecule has 3 aromatic rings. The highest BCUT2D eigenvalue weighted by Crippen LogP contribution is 2.49. The highest BCUT2D eigenvalue weighted by Gasteiger charge is 2.45. The molecular weight excluding hydrogens is 318 g/mol. The lowest BCUT2D eigenvalue weighted by Crippen LogP contribution is -2.41. The number of aliphatic carboxylic acids is 1. The average molecular weight is 335 g/mol. The first kappa shape index (κ1) is 15.2.